The number of pyridine rings is 1. The number of aromatic nitrogens is 1. The number of hydrogen-bond acceptors (Lipinski definition) is 4. The highest BCUT2D eigenvalue weighted by Gasteiger charge is 2.15. The molecule has 0 atom stereocenters. The summed E-state index contributed by atoms with van der Waals surface area (Å²) >= 11 is 0. The van der Waals surface area contributed by atoms with Crippen molar-refractivity contribution in [2.45, 2.75) is 0 Å². The minimum atomic E-state index is -0.492. The van der Waals surface area contributed by atoms with Gasteiger partial charge in [0.1, 0.15) is 11.4 Å². The summed E-state index contributed by atoms with van der Waals surface area (Å²) in [6.45, 7) is 0. The fourth-order valence-electron chi connectivity index (χ4n) is 2.31. The zero-order chi connectivity index (χ0) is 19.1. The third-order valence-electron chi connectivity index (χ3n) is 3.65. The third-order valence-corrected chi connectivity index (χ3v) is 3.65. The fraction of sp³-hybridized carbons (Fsp3) is 0. The van der Waals surface area contributed by atoms with Crippen molar-refractivity contribution >= 4 is 23.6 Å². The van der Waals surface area contributed by atoms with Crippen molar-refractivity contribution in [1.82, 2.24) is 10.3 Å². The van der Waals surface area contributed by atoms with Crippen molar-refractivity contribution < 1.29 is 14.7 Å². The molecule has 0 saturated carbocycles. The monoisotopic (exact) mass is 359 g/mol. The fourth-order valence-corrected chi connectivity index (χ4v) is 2.31. The number of phenols is 1. The molecule has 3 rings (SSSR count). The number of carbonyl (C=O) groups is 2. The number of rotatable bonds is 5. The average Bonchev–Trinajstić information content (AvgIpc) is 2.70. The van der Waals surface area contributed by atoms with Crippen LogP contribution in [0.5, 0.6) is 5.75 Å². The molecule has 0 bridgehead atoms. The van der Waals surface area contributed by atoms with E-state index in [9.17, 15) is 14.7 Å². The van der Waals surface area contributed by atoms with Gasteiger partial charge in [-0.05, 0) is 54.1 Å². The van der Waals surface area contributed by atoms with Crippen LogP contribution in [0.2, 0.25) is 0 Å². The molecule has 6 heteroatoms. The molecule has 3 N–H and O–H groups in total. The highest BCUT2D eigenvalue weighted by Crippen LogP contribution is 2.15. The van der Waals surface area contributed by atoms with Crippen LogP contribution in [0.4, 0.5) is 5.69 Å². The number of nitrogens with zero attached hydrogens (tertiary/aromatic N) is 1. The van der Waals surface area contributed by atoms with Crippen molar-refractivity contribution in [2.75, 3.05) is 5.32 Å². The van der Waals surface area contributed by atoms with Gasteiger partial charge in [0, 0.05) is 23.6 Å². The Balaban J connectivity index is 1.85. The van der Waals surface area contributed by atoms with Gasteiger partial charge in [-0.3, -0.25) is 14.6 Å². The van der Waals surface area contributed by atoms with E-state index in [0.717, 1.165) is 0 Å². The maximum Gasteiger partial charge on any atom is 0.272 e. The zero-order valence-electron chi connectivity index (χ0n) is 14.3. The molecule has 0 unspecified atom stereocenters. The van der Waals surface area contributed by atoms with Crippen LogP contribution in [0.1, 0.15) is 15.9 Å². The normalized spacial score (nSPS) is 10.9. The SMILES string of the molecule is O=C(Nc1ccc(O)cc1)/C(=C/c1cccnc1)NC(=O)c1ccccc1. The Hall–Kier alpha value is -3.93. The summed E-state index contributed by atoms with van der Waals surface area (Å²) in [4.78, 5) is 29.2. The van der Waals surface area contributed by atoms with Gasteiger partial charge in [-0.1, -0.05) is 24.3 Å². The third kappa shape index (κ3) is 5.02. The quantitative estimate of drug-likeness (QED) is 0.482. The lowest BCUT2D eigenvalue weighted by molar-refractivity contribution is -0.113. The molecule has 2 amide bonds. The van der Waals surface area contributed by atoms with Gasteiger partial charge in [0.05, 0.1) is 0 Å². The summed E-state index contributed by atoms with van der Waals surface area (Å²) < 4.78 is 0. The molecule has 0 aliphatic carbocycles. The summed E-state index contributed by atoms with van der Waals surface area (Å²) in [5.41, 5.74) is 1.67. The van der Waals surface area contributed by atoms with Crippen molar-refractivity contribution in [2.24, 2.45) is 0 Å². The predicted molar refractivity (Wildman–Crippen MR) is 103 cm³/mol. The standard InChI is InChI=1S/C21H17N3O3/c25-18-10-8-17(9-11-18)23-21(27)19(13-15-5-4-12-22-14-15)24-20(26)16-6-2-1-3-7-16/h1-14,25H,(H,23,27)(H,24,26)/b19-13-. The summed E-state index contributed by atoms with van der Waals surface area (Å²) in [6, 6.07) is 18.2. The van der Waals surface area contributed by atoms with E-state index in [4.69, 9.17) is 0 Å². The maximum absolute atomic E-state index is 12.7. The van der Waals surface area contributed by atoms with E-state index < -0.39 is 11.8 Å². The number of amides is 2. The van der Waals surface area contributed by atoms with Crippen molar-refractivity contribution in [1.29, 1.82) is 0 Å². The summed E-state index contributed by atoms with van der Waals surface area (Å²) in [5.74, 6) is -0.795. The minimum absolute atomic E-state index is 0.0740. The van der Waals surface area contributed by atoms with Crippen LogP contribution in [0.25, 0.3) is 6.08 Å². The number of carbonyl (C=O) groups excluding carboxylic acids is 2. The summed E-state index contributed by atoms with van der Waals surface area (Å²) in [5, 5.41) is 14.7. The van der Waals surface area contributed by atoms with Gasteiger partial charge >= 0.3 is 0 Å². The molecule has 1 aromatic heterocycles. The lowest BCUT2D eigenvalue weighted by Crippen LogP contribution is -2.30. The molecule has 1 heterocycles. The molecular weight excluding hydrogens is 342 g/mol. The smallest absolute Gasteiger partial charge is 0.272 e. The molecule has 2 aromatic carbocycles. The van der Waals surface area contributed by atoms with Crippen LogP contribution < -0.4 is 10.6 Å². The number of aromatic hydroxyl groups is 1. The van der Waals surface area contributed by atoms with Crippen LogP contribution in [-0.2, 0) is 4.79 Å². The van der Waals surface area contributed by atoms with Crippen molar-refractivity contribution in [3.05, 3.63) is 95.9 Å². The topological polar surface area (TPSA) is 91.3 Å². The molecule has 27 heavy (non-hydrogen) atoms. The van der Waals surface area contributed by atoms with E-state index in [0.29, 0.717) is 16.8 Å². The van der Waals surface area contributed by atoms with E-state index in [1.807, 2.05) is 0 Å². The second-order valence-corrected chi connectivity index (χ2v) is 5.67. The molecule has 0 fully saturated rings. The Morgan fingerprint density at radius 3 is 2.33 bits per heavy atom. The van der Waals surface area contributed by atoms with Gasteiger partial charge in [0.2, 0.25) is 0 Å². The number of phenolic OH excluding ortho intramolecular Hbond substituents is 1. The van der Waals surface area contributed by atoms with Crippen LogP contribution in [-0.4, -0.2) is 21.9 Å². The lowest BCUT2D eigenvalue weighted by atomic mass is 10.2. The van der Waals surface area contributed by atoms with E-state index in [1.165, 1.54) is 12.1 Å². The molecule has 0 spiro atoms. The first-order valence-corrected chi connectivity index (χ1v) is 8.20. The van der Waals surface area contributed by atoms with E-state index in [2.05, 4.69) is 15.6 Å². The highest BCUT2D eigenvalue weighted by molar-refractivity contribution is 6.10. The van der Waals surface area contributed by atoms with Crippen molar-refractivity contribution in [3.63, 3.8) is 0 Å². The number of nitrogens with one attached hydrogen (secondary N) is 2. The largest absolute Gasteiger partial charge is 0.508 e. The number of benzene rings is 2. The molecule has 6 nitrogen and oxygen atoms in total. The molecule has 0 aliphatic heterocycles. The van der Waals surface area contributed by atoms with E-state index >= 15 is 0 Å². The zero-order valence-corrected chi connectivity index (χ0v) is 14.3. The second kappa shape index (κ2) is 8.44. The molecular formula is C21H17N3O3. The van der Waals surface area contributed by atoms with Gasteiger partial charge in [0.15, 0.2) is 0 Å². The predicted octanol–water partition coefficient (Wildman–Crippen LogP) is 3.20. The molecule has 0 aliphatic rings. The van der Waals surface area contributed by atoms with Gasteiger partial charge in [-0.2, -0.15) is 0 Å². The van der Waals surface area contributed by atoms with E-state index in [1.54, 1.807) is 73.1 Å². The van der Waals surface area contributed by atoms with Crippen molar-refractivity contribution in [3.8, 4) is 5.75 Å². The maximum atomic E-state index is 12.7. The summed E-state index contributed by atoms with van der Waals surface area (Å²) in [7, 11) is 0. The molecule has 3 aromatic rings. The Morgan fingerprint density at radius 1 is 0.926 bits per heavy atom. The second-order valence-electron chi connectivity index (χ2n) is 5.67. The Kier molecular flexibility index (Phi) is 5.59. The first-order valence-electron chi connectivity index (χ1n) is 8.20. The lowest BCUT2D eigenvalue weighted by Gasteiger charge is -2.11. The Morgan fingerprint density at radius 2 is 1.67 bits per heavy atom. The molecule has 0 radical (unpaired) electrons. The van der Waals surface area contributed by atoms with Gasteiger partial charge < -0.3 is 15.7 Å². The van der Waals surface area contributed by atoms with Gasteiger partial charge in [-0.25, -0.2) is 0 Å². The minimum Gasteiger partial charge on any atom is -0.508 e. The van der Waals surface area contributed by atoms with Gasteiger partial charge in [0.25, 0.3) is 11.8 Å². The summed E-state index contributed by atoms with van der Waals surface area (Å²) in [6.07, 6.45) is 4.75. The first-order chi connectivity index (χ1) is 13.1. The van der Waals surface area contributed by atoms with Crippen LogP contribution >= 0.6 is 0 Å². The Bertz CT molecular complexity index is 953. The van der Waals surface area contributed by atoms with E-state index in [-0.39, 0.29) is 11.4 Å². The molecule has 0 saturated heterocycles. The number of hydrogen-bond donors (Lipinski definition) is 3. The first kappa shape index (κ1) is 17.9. The van der Waals surface area contributed by atoms with Crippen LogP contribution in [0.3, 0.4) is 0 Å². The highest BCUT2D eigenvalue weighted by atomic mass is 16.3. The van der Waals surface area contributed by atoms with Crippen LogP contribution in [0, 0.1) is 0 Å². The average molecular weight is 359 g/mol. The van der Waals surface area contributed by atoms with Crippen LogP contribution in [0.15, 0.2) is 84.8 Å². The molecule has 134 valence electrons. The number of anilines is 1. The van der Waals surface area contributed by atoms with Gasteiger partial charge in [-0.15, -0.1) is 0 Å². The Labute approximate surface area is 156 Å².